The van der Waals surface area contributed by atoms with E-state index >= 15 is 0 Å². The first kappa shape index (κ1) is 22.0. The van der Waals surface area contributed by atoms with Crippen LogP contribution < -0.4 is 0 Å². The van der Waals surface area contributed by atoms with Crippen molar-refractivity contribution in [2.24, 2.45) is 0 Å². The van der Waals surface area contributed by atoms with Gasteiger partial charge in [0.25, 0.3) is 22.7 Å². The number of nitrogens with zero attached hydrogens (tertiary/aromatic N) is 4. The van der Waals surface area contributed by atoms with Gasteiger partial charge in [-0.25, -0.2) is 0 Å². The summed E-state index contributed by atoms with van der Waals surface area (Å²) in [7, 11) is 0. The van der Waals surface area contributed by atoms with E-state index in [1.165, 1.54) is 72.8 Å². The maximum Gasteiger partial charge on any atom is 0.285 e. The quantitative estimate of drug-likeness (QED) is 0.256. The molecule has 0 aliphatic carbocycles. The van der Waals surface area contributed by atoms with Crippen molar-refractivity contribution in [3.63, 3.8) is 0 Å². The molecule has 0 aliphatic rings. The number of hydrogen-bond acceptors (Lipinski definition) is 8. The SMILES string of the molecule is O=[N+]([O-])c1ccccc1-c1ccc2c([N+](=O)[O-])c(-c3ccccc3[N+](=O)[O-])ccc2c1[N+](=O)[O-]. The second kappa shape index (κ2) is 8.35. The van der Waals surface area contributed by atoms with Gasteiger partial charge in [0.15, 0.2) is 0 Å². The maximum absolute atomic E-state index is 12.0. The molecule has 4 aromatic rings. The van der Waals surface area contributed by atoms with Crippen LogP contribution in [0.2, 0.25) is 0 Å². The van der Waals surface area contributed by atoms with Crippen LogP contribution in [-0.4, -0.2) is 19.7 Å². The standard InChI is InChI=1S/C22H12N4O8/c27-23(28)19-7-3-1-5-13(19)15-9-11-18-17(21(15)25(31)32)12-10-16(22(18)26(33)34)14-6-2-4-8-20(14)24(29)30/h1-12H. The highest BCUT2D eigenvalue weighted by atomic mass is 16.6. The molecule has 0 bridgehead atoms. The molecule has 168 valence electrons. The van der Waals surface area contributed by atoms with Gasteiger partial charge in [-0.1, -0.05) is 24.3 Å². The van der Waals surface area contributed by atoms with Gasteiger partial charge in [0, 0.05) is 12.1 Å². The predicted molar refractivity (Wildman–Crippen MR) is 121 cm³/mol. The molecule has 0 aromatic heterocycles. The third-order valence-corrected chi connectivity index (χ3v) is 5.29. The largest absolute Gasteiger partial charge is 0.285 e. The predicted octanol–water partition coefficient (Wildman–Crippen LogP) is 5.81. The number of rotatable bonds is 6. The van der Waals surface area contributed by atoms with Gasteiger partial charge in [-0.3, -0.25) is 40.5 Å². The topological polar surface area (TPSA) is 173 Å². The van der Waals surface area contributed by atoms with E-state index in [2.05, 4.69) is 0 Å². The molecule has 0 atom stereocenters. The van der Waals surface area contributed by atoms with Crippen LogP contribution in [0.4, 0.5) is 22.7 Å². The molecule has 4 aromatic carbocycles. The Hall–Kier alpha value is -5.26. The van der Waals surface area contributed by atoms with Gasteiger partial charge in [-0.2, -0.15) is 0 Å². The molecule has 0 unspecified atom stereocenters. The highest BCUT2D eigenvalue weighted by Crippen LogP contribution is 2.46. The van der Waals surface area contributed by atoms with Gasteiger partial charge in [-0.05, 0) is 36.4 Å². The van der Waals surface area contributed by atoms with E-state index in [1.54, 1.807) is 0 Å². The molecule has 0 radical (unpaired) electrons. The summed E-state index contributed by atoms with van der Waals surface area (Å²) in [4.78, 5) is 44.1. The Balaban J connectivity index is 2.10. The molecule has 34 heavy (non-hydrogen) atoms. The van der Waals surface area contributed by atoms with Crippen molar-refractivity contribution >= 4 is 33.5 Å². The van der Waals surface area contributed by atoms with Crippen LogP contribution in [0.3, 0.4) is 0 Å². The van der Waals surface area contributed by atoms with Crippen molar-refractivity contribution in [1.29, 1.82) is 0 Å². The average molecular weight is 460 g/mol. The van der Waals surface area contributed by atoms with E-state index in [-0.39, 0.29) is 44.4 Å². The Morgan fingerprint density at radius 2 is 0.765 bits per heavy atom. The van der Waals surface area contributed by atoms with Crippen molar-refractivity contribution in [3.05, 3.63) is 113 Å². The number of fused-ring (bicyclic) bond motifs is 1. The summed E-state index contributed by atoms with van der Waals surface area (Å²) in [6, 6.07) is 15.8. The van der Waals surface area contributed by atoms with E-state index in [4.69, 9.17) is 0 Å². The summed E-state index contributed by atoms with van der Waals surface area (Å²) >= 11 is 0. The monoisotopic (exact) mass is 460 g/mol. The van der Waals surface area contributed by atoms with Crippen LogP contribution in [-0.2, 0) is 0 Å². The smallest absolute Gasteiger partial charge is 0.258 e. The zero-order valence-corrected chi connectivity index (χ0v) is 17.0. The molecular weight excluding hydrogens is 448 g/mol. The van der Waals surface area contributed by atoms with Gasteiger partial charge in [0.2, 0.25) is 0 Å². The maximum atomic E-state index is 12.0. The van der Waals surface area contributed by atoms with Gasteiger partial charge >= 0.3 is 0 Å². The zero-order valence-electron chi connectivity index (χ0n) is 17.0. The summed E-state index contributed by atoms with van der Waals surface area (Å²) < 4.78 is 0. The molecule has 12 heteroatoms. The molecular formula is C22H12N4O8. The second-order valence-electron chi connectivity index (χ2n) is 7.08. The van der Waals surface area contributed by atoms with E-state index in [0.29, 0.717) is 0 Å². The number of benzene rings is 4. The summed E-state index contributed by atoms with van der Waals surface area (Å²) in [5, 5.41) is 46.8. The second-order valence-corrected chi connectivity index (χ2v) is 7.08. The van der Waals surface area contributed by atoms with Crippen molar-refractivity contribution in [1.82, 2.24) is 0 Å². The first-order valence-electron chi connectivity index (χ1n) is 9.58. The fourth-order valence-electron chi connectivity index (χ4n) is 3.92. The minimum Gasteiger partial charge on any atom is -0.258 e. The van der Waals surface area contributed by atoms with E-state index in [1.807, 2.05) is 0 Å². The molecule has 0 amide bonds. The van der Waals surface area contributed by atoms with E-state index in [0.717, 1.165) is 0 Å². The number of nitro benzene ring substituents is 4. The minimum absolute atomic E-state index is 0.0217. The van der Waals surface area contributed by atoms with Gasteiger partial charge in [0.1, 0.15) is 0 Å². The minimum atomic E-state index is -0.761. The van der Waals surface area contributed by atoms with Crippen LogP contribution in [0, 0.1) is 40.5 Å². The lowest BCUT2D eigenvalue weighted by Gasteiger charge is -2.10. The molecule has 12 nitrogen and oxygen atoms in total. The van der Waals surface area contributed by atoms with Gasteiger partial charge in [-0.15, -0.1) is 0 Å². The van der Waals surface area contributed by atoms with Crippen LogP contribution >= 0.6 is 0 Å². The van der Waals surface area contributed by atoms with E-state index < -0.39 is 31.1 Å². The molecule has 0 heterocycles. The lowest BCUT2D eigenvalue weighted by molar-refractivity contribution is -0.386. The Morgan fingerprint density at radius 1 is 0.412 bits per heavy atom. The Bertz CT molecular complexity index is 1420. The van der Waals surface area contributed by atoms with Crippen LogP contribution in [0.1, 0.15) is 0 Å². The summed E-state index contributed by atoms with van der Waals surface area (Å²) in [6.07, 6.45) is 0. The van der Waals surface area contributed by atoms with Crippen molar-refractivity contribution in [3.8, 4) is 22.3 Å². The highest BCUT2D eigenvalue weighted by molar-refractivity contribution is 6.07. The van der Waals surface area contributed by atoms with E-state index in [9.17, 15) is 40.5 Å². The highest BCUT2D eigenvalue weighted by Gasteiger charge is 2.31. The summed E-state index contributed by atoms with van der Waals surface area (Å²) in [6.45, 7) is 0. The fraction of sp³-hybridized carbons (Fsp3) is 0. The zero-order chi connectivity index (χ0) is 24.6. The van der Waals surface area contributed by atoms with Crippen molar-refractivity contribution in [2.45, 2.75) is 0 Å². The summed E-state index contributed by atoms with van der Waals surface area (Å²) in [5.41, 5.74) is -2.05. The molecule has 0 aliphatic heterocycles. The van der Waals surface area contributed by atoms with Crippen LogP contribution in [0.5, 0.6) is 0 Å². The Labute approximate surface area is 189 Å². The van der Waals surface area contributed by atoms with Gasteiger partial charge < -0.3 is 0 Å². The number of hydrogen-bond donors (Lipinski definition) is 0. The average Bonchev–Trinajstić information content (AvgIpc) is 2.82. The van der Waals surface area contributed by atoms with Crippen LogP contribution in [0.25, 0.3) is 33.0 Å². The normalized spacial score (nSPS) is 10.7. The van der Waals surface area contributed by atoms with Gasteiger partial charge in [0.05, 0.1) is 52.7 Å². The third-order valence-electron chi connectivity index (χ3n) is 5.29. The molecule has 4 rings (SSSR count). The number of para-hydroxylation sites is 2. The Kier molecular flexibility index (Phi) is 5.39. The first-order valence-corrected chi connectivity index (χ1v) is 9.58. The molecule has 0 fully saturated rings. The van der Waals surface area contributed by atoms with Crippen LogP contribution in [0.15, 0.2) is 72.8 Å². The lowest BCUT2D eigenvalue weighted by Crippen LogP contribution is -2.00. The van der Waals surface area contributed by atoms with Crippen molar-refractivity contribution < 1.29 is 19.7 Å². The molecule has 0 spiro atoms. The Morgan fingerprint density at radius 3 is 1.09 bits per heavy atom. The summed E-state index contributed by atoms with van der Waals surface area (Å²) in [5.74, 6) is 0. The molecule has 0 saturated carbocycles. The first-order chi connectivity index (χ1) is 16.2. The fourth-order valence-corrected chi connectivity index (χ4v) is 3.92. The number of nitro groups is 4. The van der Waals surface area contributed by atoms with Crippen molar-refractivity contribution in [2.75, 3.05) is 0 Å². The molecule has 0 N–H and O–H groups in total. The third kappa shape index (κ3) is 3.54. The molecule has 0 saturated heterocycles. The lowest BCUT2D eigenvalue weighted by atomic mass is 9.93.